The number of carbonyl (C=O) groups is 1. The Balaban J connectivity index is 1.19. The maximum Gasteiger partial charge on any atom is 0.187 e. The van der Waals surface area contributed by atoms with Crippen molar-refractivity contribution >= 4 is 44.8 Å². The molecule has 6 aromatic carbocycles. The normalized spacial score (nSPS) is 15.1. The molecule has 3 nitrogen and oxygen atoms in total. The summed E-state index contributed by atoms with van der Waals surface area (Å²) in [5, 5.41) is 11.3. The Morgan fingerprint density at radius 1 is 0.683 bits per heavy atom. The largest absolute Gasteiger partial charge is 0.289 e. The highest BCUT2D eigenvalue weighted by molar-refractivity contribution is 6.23. The van der Waals surface area contributed by atoms with Crippen LogP contribution in [0.25, 0.3) is 27.6 Å². The molecule has 1 aliphatic heterocycles. The first-order chi connectivity index (χ1) is 20.2. The van der Waals surface area contributed by atoms with Crippen molar-refractivity contribution in [2.24, 2.45) is 5.10 Å². The highest BCUT2D eigenvalue weighted by atomic mass is 16.1. The molecule has 196 valence electrons. The van der Waals surface area contributed by atoms with E-state index in [4.69, 9.17) is 5.10 Å². The van der Waals surface area contributed by atoms with Gasteiger partial charge in [0.25, 0.3) is 0 Å². The number of ketones is 1. The molecule has 0 radical (unpaired) electrons. The van der Waals surface area contributed by atoms with Crippen molar-refractivity contribution in [1.29, 1.82) is 0 Å². The van der Waals surface area contributed by atoms with E-state index in [1.54, 1.807) is 6.08 Å². The fourth-order valence-corrected chi connectivity index (χ4v) is 5.76. The van der Waals surface area contributed by atoms with Crippen molar-refractivity contribution in [3.8, 4) is 0 Å². The van der Waals surface area contributed by atoms with Gasteiger partial charge in [-0.15, -0.1) is 0 Å². The number of hydrogen-bond donors (Lipinski definition) is 0. The van der Waals surface area contributed by atoms with Crippen LogP contribution in [0.2, 0.25) is 0 Å². The molecule has 1 heterocycles. The minimum absolute atomic E-state index is 0.00265. The van der Waals surface area contributed by atoms with Gasteiger partial charge in [-0.1, -0.05) is 127 Å². The molecule has 0 spiro atoms. The van der Waals surface area contributed by atoms with E-state index in [-0.39, 0.29) is 11.8 Å². The standard InChI is InChI=1S/C38H28N2O/c41-37(38-33-17-9-7-15-30(33)25-31-16-8-10-18-34(31)38)24-21-27-19-22-32(23-20-27)40-36(29-13-5-2-6-14-29)26-35(39-40)28-11-3-1-4-12-28/h1-25,36H,26H2/b24-21+. The second-order valence-electron chi connectivity index (χ2n) is 10.4. The van der Waals surface area contributed by atoms with Gasteiger partial charge in [-0.2, -0.15) is 5.10 Å². The third-order valence-corrected chi connectivity index (χ3v) is 7.80. The van der Waals surface area contributed by atoms with Gasteiger partial charge >= 0.3 is 0 Å². The SMILES string of the molecule is O=C(/C=C/c1ccc(N2N=C(c3ccccc3)CC2c2ccccc2)cc1)c1c2ccccc2cc2ccccc12. The Labute approximate surface area is 239 Å². The van der Waals surface area contributed by atoms with E-state index >= 15 is 0 Å². The Morgan fingerprint density at radius 3 is 1.93 bits per heavy atom. The van der Waals surface area contributed by atoms with E-state index in [0.29, 0.717) is 0 Å². The van der Waals surface area contributed by atoms with Crippen LogP contribution in [0.1, 0.15) is 39.5 Å². The molecular weight excluding hydrogens is 500 g/mol. The molecule has 3 heteroatoms. The van der Waals surface area contributed by atoms with Crippen LogP contribution in [-0.2, 0) is 0 Å². The first-order valence-electron chi connectivity index (χ1n) is 13.9. The predicted octanol–water partition coefficient (Wildman–Crippen LogP) is 9.24. The van der Waals surface area contributed by atoms with Crippen molar-refractivity contribution in [3.05, 3.63) is 168 Å². The summed E-state index contributed by atoms with van der Waals surface area (Å²) in [5.74, 6) is 0.00265. The lowest BCUT2D eigenvalue weighted by Gasteiger charge is -2.24. The molecule has 0 N–H and O–H groups in total. The number of nitrogens with zero attached hydrogens (tertiary/aromatic N) is 2. The summed E-state index contributed by atoms with van der Waals surface area (Å²) < 4.78 is 0. The molecule has 1 aliphatic rings. The van der Waals surface area contributed by atoms with Crippen molar-refractivity contribution in [3.63, 3.8) is 0 Å². The zero-order valence-electron chi connectivity index (χ0n) is 22.5. The average Bonchev–Trinajstić information content (AvgIpc) is 3.49. The molecular formula is C38H28N2O. The minimum Gasteiger partial charge on any atom is -0.289 e. The van der Waals surface area contributed by atoms with Gasteiger partial charge < -0.3 is 0 Å². The summed E-state index contributed by atoms with van der Waals surface area (Å²) in [7, 11) is 0. The molecule has 0 saturated heterocycles. The second-order valence-corrected chi connectivity index (χ2v) is 10.4. The van der Waals surface area contributed by atoms with Gasteiger partial charge in [0, 0.05) is 12.0 Å². The molecule has 0 aliphatic carbocycles. The summed E-state index contributed by atoms with van der Waals surface area (Å²) in [6.07, 6.45) is 4.43. The van der Waals surface area contributed by atoms with Crippen molar-refractivity contribution in [1.82, 2.24) is 0 Å². The maximum absolute atomic E-state index is 13.6. The van der Waals surface area contributed by atoms with Gasteiger partial charge in [0.15, 0.2) is 5.78 Å². The van der Waals surface area contributed by atoms with Crippen LogP contribution in [0, 0.1) is 0 Å². The highest BCUT2D eigenvalue weighted by Crippen LogP contribution is 2.37. The third kappa shape index (κ3) is 4.83. The van der Waals surface area contributed by atoms with Crippen molar-refractivity contribution in [2.75, 3.05) is 5.01 Å². The molecule has 0 aromatic heterocycles. The Morgan fingerprint density at radius 2 is 1.27 bits per heavy atom. The third-order valence-electron chi connectivity index (χ3n) is 7.80. The molecule has 0 bridgehead atoms. The summed E-state index contributed by atoms with van der Waals surface area (Å²) in [4.78, 5) is 13.6. The van der Waals surface area contributed by atoms with Crippen LogP contribution in [-0.4, -0.2) is 11.5 Å². The minimum atomic E-state index is 0.00265. The molecule has 1 atom stereocenters. The quantitative estimate of drug-likeness (QED) is 0.123. The molecule has 0 fully saturated rings. The van der Waals surface area contributed by atoms with E-state index in [9.17, 15) is 4.79 Å². The number of benzene rings is 6. The topological polar surface area (TPSA) is 32.7 Å². The average molecular weight is 529 g/mol. The van der Waals surface area contributed by atoms with Crippen molar-refractivity contribution < 1.29 is 4.79 Å². The fraction of sp³-hybridized carbons (Fsp3) is 0.0526. The van der Waals surface area contributed by atoms with E-state index in [1.807, 2.05) is 54.6 Å². The Bertz CT molecular complexity index is 1870. The molecule has 1 unspecified atom stereocenters. The monoisotopic (exact) mass is 528 g/mol. The zero-order chi connectivity index (χ0) is 27.6. The van der Waals surface area contributed by atoms with Crippen LogP contribution in [0.5, 0.6) is 0 Å². The highest BCUT2D eigenvalue weighted by Gasteiger charge is 2.29. The summed E-state index contributed by atoms with van der Waals surface area (Å²) in [6, 6.07) is 47.7. The maximum atomic E-state index is 13.6. The van der Waals surface area contributed by atoms with E-state index in [1.165, 1.54) is 5.56 Å². The van der Waals surface area contributed by atoms with Gasteiger partial charge in [-0.05, 0) is 62.5 Å². The lowest BCUT2D eigenvalue weighted by Crippen LogP contribution is -2.18. The Hall–Kier alpha value is -5.28. The predicted molar refractivity (Wildman–Crippen MR) is 171 cm³/mol. The number of carbonyl (C=O) groups excluding carboxylic acids is 1. The number of anilines is 1. The van der Waals surface area contributed by atoms with Crippen molar-refractivity contribution in [2.45, 2.75) is 12.5 Å². The van der Waals surface area contributed by atoms with Gasteiger partial charge in [0.05, 0.1) is 17.4 Å². The van der Waals surface area contributed by atoms with Crippen LogP contribution in [0.4, 0.5) is 5.69 Å². The van der Waals surface area contributed by atoms with Gasteiger partial charge in [-0.3, -0.25) is 9.80 Å². The summed E-state index contributed by atoms with van der Waals surface area (Å²) in [6.45, 7) is 0. The van der Waals surface area contributed by atoms with Gasteiger partial charge in [0.2, 0.25) is 0 Å². The molecule has 6 aromatic rings. The molecule has 0 saturated carbocycles. The number of rotatable bonds is 6. The number of hydrogen-bond acceptors (Lipinski definition) is 3. The second kappa shape index (κ2) is 10.7. The van der Waals surface area contributed by atoms with E-state index in [0.717, 1.165) is 56.1 Å². The smallest absolute Gasteiger partial charge is 0.187 e. The van der Waals surface area contributed by atoms with E-state index in [2.05, 4.69) is 96.0 Å². The van der Waals surface area contributed by atoms with Gasteiger partial charge in [0.1, 0.15) is 0 Å². The summed E-state index contributed by atoms with van der Waals surface area (Å²) >= 11 is 0. The summed E-state index contributed by atoms with van der Waals surface area (Å²) in [5.41, 5.74) is 6.20. The van der Waals surface area contributed by atoms with Crippen LogP contribution in [0.15, 0.2) is 151 Å². The molecule has 0 amide bonds. The lowest BCUT2D eigenvalue weighted by atomic mass is 9.94. The fourth-order valence-electron chi connectivity index (χ4n) is 5.76. The number of fused-ring (bicyclic) bond motifs is 2. The molecule has 41 heavy (non-hydrogen) atoms. The lowest BCUT2D eigenvalue weighted by molar-refractivity contribution is 0.105. The van der Waals surface area contributed by atoms with Gasteiger partial charge in [-0.25, -0.2) is 0 Å². The van der Waals surface area contributed by atoms with E-state index < -0.39 is 0 Å². The first-order valence-corrected chi connectivity index (χ1v) is 13.9. The van der Waals surface area contributed by atoms with Crippen LogP contribution >= 0.6 is 0 Å². The number of allylic oxidation sites excluding steroid dienone is 1. The number of hydrazone groups is 1. The van der Waals surface area contributed by atoms with Crippen LogP contribution < -0.4 is 5.01 Å². The molecule has 7 rings (SSSR count). The first kappa shape index (κ1) is 24.7. The Kier molecular flexibility index (Phi) is 6.46. The zero-order valence-corrected chi connectivity index (χ0v) is 22.5. The van der Waals surface area contributed by atoms with Crippen LogP contribution in [0.3, 0.4) is 0 Å².